The van der Waals surface area contributed by atoms with Crippen molar-refractivity contribution in [3.63, 3.8) is 0 Å². The van der Waals surface area contributed by atoms with Crippen molar-refractivity contribution in [2.24, 2.45) is 0 Å². The van der Waals surface area contributed by atoms with Gasteiger partial charge in [-0.1, -0.05) is 19.3 Å². The zero-order valence-corrected chi connectivity index (χ0v) is 10.9. The first-order chi connectivity index (χ1) is 7.41. The highest BCUT2D eigenvalue weighted by Gasteiger charge is 1.92. The summed E-state index contributed by atoms with van der Waals surface area (Å²) in [4.78, 5) is 0. The Morgan fingerprint density at radius 3 is 2.13 bits per heavy atom. The monoisotopic (exact) mass is 234 g/mol. The van der Waals surface area contributed by atoms with Gasteiger partial charge < -0.3 is 9.84 Å². The lowest BCUT2D eigenvalue weighted by atomic mass is 10.1. The average Bonchev–Trinajstić information content (AvgIpc) is 2.26. The van der Waals surface area contributed by atoms with Gasteiger partial charge in [-0.2, -0.15) is 11.8 Å². The Kier molecular flexibility index (Phi) is 14.5. The lowest BCUT2D eigenvalue weighted by Crippen LogP contribution is -1.97. The van der Waals surface area contributed by atoms with Crippen molar-refractivity contribution in [1.29, 1.82) is 0 Å². The molecule has 0 atom stereocenters. The number of rotatable bonds is 12. The maximum atomic E-state index is 8.58. The molecule has 0 aliphatic carbocycles. The van der Waals surface area contributed by atoms with Crippen LogP contribution in [-0.2, 0) is 4.74 Å². The van der Waals surface area contributed by atoms with Crippen LogP contribution in [0.1, 0.15) is 44.9 Å². The van der Waals surface area contributed by atoms with Crippen molar-refractivity contribution in [1.82, 2.24) is 0 Å². The van der Waals surface area contributed by atoms with Crippen LogP contribution in [0.3, 0.4) is 0 Å². The summed E-state index contributed by atoms with van der Waals surface area (Å²) in [6.07, 6.45) is 10.4. The molecular weight excluding hydrogens is 208 g/mol. The van der Waals surface area contributed by atoms with E-state index in [0.717, 1.165) is 26.1 Å². The maximum absolute atomic E-state index is 8.58. The third-order valence-corrected chi connectivity index (χ3v) is 3.03. The molecule has 0 saturated heterocycles. The molecule has 0 saturated carbocycles. The molecule has 1 N–H and O–H groups in total. The van der Waals surface area contributed by atoms with E-state index in [1.54, 1.807) is 0 Å². The van der Waals surface area contributed by atoms with Crippen molar-refractivity contribution in [2.45, 2.75) is 44.9 Å². The molecule has 0 aromatic carbocycles. The van der Waals surface area contributed by atoms with Crippen LogP contribution >= 0.6 is 11.8 Å². The Balaban J connectivity index is 2.81. The zero-order valence-electron chi connectivity index (χ0n) is 10.0. The molecule has 0 heterocycles. The van der Waals surface area contributed by atoms with Crippen molar-refractivity contribution >= 4 is 11.8 Å². The number of hydrogen-bond acceptors (Lipinski definition) is 3. The van der Waals surface area contributed by atoms with E-state index in [0.29, 0.717) is 6.61 Å². The SMILES string of the molecule is CSCCCCOCCCCCCCO. The van der Waals surface area contributed by atoms with Crippen molar-refractivity contribution in [2.75, 3.05) is 31.8 Å². The van der Waals surface area contributed by atoms with Crippen LogP contribution in [0.4, 0.5) is 0 Å². The van der Waals surface area contributed by atoms with E-state index < -0.39 is 0 Å². The topological polar surface area (TPSA) is 29.5 Å². The second-order valence-electron chi connectivity index (χ2n) is 3.80. The first-order valence-electron chi connectivity index (χ1n) is 6.09. The molecule has 3 heteroatoms. The quantitative estimate of drug-likeness (QED) is 0.526. The molecule has 0 unspecified atom stereocenters. The molecular formula is C12H26O2S. The number of aliphatic hydroxyl groups is 1. The molecule has 0 amide bonds. The lowest BCUT2D eigenvalue weighted by Gasteiger charge is -2.03. The molecule has 15 heavy (non-hydrogen) atoms. The van der Waals surface area contributed by atoms with Gasteiger partial charge in [0.15, 0.2) is 0 Å². The Hall–Kier alpha value is 0.270. The lowest BCUT2D eigenvalue weighted by molar-refractivity contribution is 0.127. The van der Waals surface area contributed by atoms with Crippen LogP contribution in [0.25, 0.3) is 0 Å². The van der Waals surface area contributed by atoms with E-state index in [-0.39, 0.29) is 0 Å². The third kappa shape index (κ3) is 14.3. The number of thioether (sulfide) groups is 1. The summed E-state index contributed by atoms with van der Waals surface area (Å²) in [6, 6.07) is 0. The Morgan fingerprint density at radius 1 is 0.867 bits per heavy atom. The summed E-state index contributed by atoms with van der Waals surface area (Å²) >= 11 is 1.91. The highest BCUT2D eigenvalue weighted by molar-refractivity contribution is 7.98. The minimum Gasteiger partial charge on any atom is -0.396 e. The van der Waals surface area contributed by atoms with E-state index in [2.05, 4.69) is 6.26 Å². The van der Waals surface area contributed by atoms with Crippen molar-refractivity contribution < 1.29 is 9.84 Å². The van der Waals surface area contributed by atoms with Gasteiger partial charge in [0, 0.05) is 19.8 Å². The molecule has 0 radical (unpaired) electrons. The van der Waals surface area contributed by atoms with Gasteiger partial charge in [0.2, 0.25) is 0 Å². The number of unbranched alkanes of at least 4 members (excludes halogenated alkanes) is 5. The fraction of sp³-hybridized carbons (Fsp3) is 1.00. The molecule has 0 aliphatic heterocycles. The van der Waals surface area contributed by atoms with E-state index >= 15 is 0 Å². The van der Waals surface area contributed by atoms with Crippen LogP contribution in [-0.4, -0.2) is 36.9 Å². The average molecular weight is 234 g/mol. The van der Waals surface area contributed by atoms with Gasteiger partial charge in [-0.3, -0.25) is 0 Å². The molecule has 0 aliphatic rings. The molecule has 0 spiro atoms. The predicted molar refractivity (Wildman–Crippen MR) is 68.6 cm³/mol. The zero-order chi connectivity index (χ0) is 11.2. The number of aliphatic hydroxyl groups excluding tert-OH is 1. The number of ether oxygens (including phenoxy) is 1. The van der Waals surface area contributed by atoms with Gasteiger partial charge in [-0.15, -0.1) is 0 Å². The Morgan fingerprint density at radius 2 is 1.47 bits per heavy atom. The summed E-state index contributed by atoms with van der Waals surface area (Å²) in [5.41, 5.74) is 0. The molecule has 0 aromatic rings. The third-order valence-electron chi connectivity index (χ3n) is 2.33. The normalized spacial score (nSPS) is 10.8. The van der Waals surface area contributed by atoms with E-state index in [1.165, 1.54) is 37.9 Å². The summed E-state index contributed by atoms with van der Waals surface area (Å²) < 4.78 is 5.53. The summed E-state index contributed by atoms with van der Waals surface area (Å²) in [5.74, 6) is 1.25. The minimum absolute atomic E-state index is 0.339. The van der Waals surface area contributed by atoms with Gasteiger partial charge in [0.05, 0.1) is 0 Å². The summed E-state index contributed by atoms with van der Waals surface area (Å²) in [7, 11) is 0. The molecule has 2 nitrogen and oxygen atoms in total. The minimum atomic E-state index is 0.339. The van der Waals surface area contributed by atoms with Crippen LogP contribution in [0, 0.1) is 0 Å². The van der Waals surface area contributed by atoms with Crippen LogP contribution < -0.4 is 0 Å². The van der Waals surface area contributed by atoms with Crippen molar-refractivity contribution in [3.05, 3.63) is 0 Å². The second-order valence-corrected chi connectivity index (χ2v) is 4.79. The van der Waals surface area contributed by atoms with Gasteiger partial charge >= 0.3 is 0 Å². The Labute approximate surface area is 98.8 Å². The first kappa shape index (κ1) is 15.3. The van der Waals surface area contributed by atoms with Gasteiger partial charge in [-0.05, 0) is 37.7 Å². The number of hydrogen-bond donors (Lipinski definition) is 1. The van der Waals surface area contributed by atoms with Gasteiger partial charge in [0.25, 0.3) is 0 Å². The summed E-state index contributed by atoms with van der Waals surface area (Å²) in [6.45, 7) is 2.18. The van der Waals surface area contributed by atoms with Gasteiger partial charge in [0.1, 0.15) is 0 Å². The van der Waals surface area contributed by atoms with E-state index in [9.17, 15) is 0 Å². The maximum Gasteiger partial charge on any atom is 0.0466 e. The highest BCUT2D eigenvalue weighted by atomic mass is 32.2. The first-order valence-corrected chi connectivity index (χ1v) is 7.48. The highest BCUT2D eigenvalue weighted by Crippen LogP contribution is 2.03. The predicted octanol–water partition coefficient (Wildman–Crippen LogP) is 3.09. The van der Waals surface area contributed by atoms with Crippen LogP contribution in [0.5, 0.6) is 0 Å². The van der Waals surface area contributed by atoms with Crippen LogP contribution in [0.2, 0.25) is 0 Å². The van der Waals surface area contributed by atoms with Gasteiger partial charge in [-0.25, -0.2) is 0 Å². The van der Waals surface area contributed by atoms with Crippen LogP contribution in [0.15, 0.2) is 0 Å². The molecule has 92 valence electrons. The van der Waals surface area contributed by atoms with E-state index in [4.69, 9.17) is 9.84 Å². The smallest absolute Gasteiger partial charge is 0.0466 e. The second kappa shape index (κ2) is 14.3. The molecule has 0 fully saturated rings. The molecule has 0 rings (SSSR count). The summed E-state index contributed by atoms with van der Waals surface area (Å²) in [5, 5.41) is 8.58. The van der Waals surface area contributed by atoms with Crippen molar-refractivity contribution in [3.8, 4) is 0 Å². The standard InChI is InChI=1S/C12H26O2S/c1-15-12-8-7-11-14-10-6-4-2-3-5-9-13/h13H,2-12H2,1H3. The Bertz CT molecular complexity index is 97.8. The largest absolute Gasteiger partial charge is 0.396 e. The van der Waals surface area contributed by atoms with E-state index in [1.807, 2.05) is 11.8 Å². The fourth-order valence-electron chi connectivity index (χ4n) is 1.40. The molecule has 0 bridgehead atoms. The molecule has 0 aromatic heterocycles. The fourth-order valence-corrected chi connectivity index (χ4v) is 1.89.